The van der Waals surface area contributed by atoms with Crippen molar-refractivity contribution in [3.05, 3.63) is 58.9 Å². The second kappa shape index (κ2) is 8.78. The summed E-state index contributed by atoms with van der Waals surface area (Å²) < 4.78 is 14.2. The van der Waals surface area contributed by atoms with Crippen molar-refractivity contribution in [1.29, 1.82) is 0 Å². The standard InChI is InChI=1S/C20H21ClFN3OS/c1-24(2)10-5-11-25(19(26)12-14-6-3-4-7-16(14)21)20-23-17-9-8-15(22)13-18(17)27-20/h3-4,6-9,13H,5,10-12H2,1-2H3. The number of amides is 1. The van der Waals surface area contributed by atoms with Gasteiger partial charge in [-0.3, -0.25) is 9.69 Å². The lowest BCUT2D eigenvalue weighted by Gasteiger charge is -2.21. The van der Waals surface area contributed by atoms with Crippen molar-refractivity contribution in [1.82, 2.24) is 9.88 Å². The Kier molecular flexibility index (Phi) is 6.42. The van der Waals surface area contributed by atoms with Crippen molar-refractivity contribution in [2.45, 2.75) is 12.8 Å². The third kappa shape index (κ3) is 5.03. The number of fused-ring (bicyclic) bond motifs is 1. The Bertz CT molecular complexity index is 944. The van der Waals surface area contributed by atoms with E-state index in [-0.39, 0.29) is 18.1 Å². The molecule has 0 N–H and O–H groups in total. The summed E-state index contributed by atoms with van der Waals surface area (Å²) in [7, 11) is 3.99. The topological polar surface area (TPSA) is 36.4 Å². The lowest BCUT2D eigenvalue weighted by atomic mass is 10.1. The molecule has 7 heteroatoms. The van der Waals surface area contributed by atoms with E-state index in [1.54, 1.807) is 17.0 Å². The van der Waals surface area contributed by atoms with Gasteiger partial charge >= 0.3 is 0 Å². The first-order valence-electron chi connectivity index (χ1n) is 8.68. The Morgan fingerprint density at radius 3 is 2.70 bits per heavy atom. The Labute approximate surface area is 167 Å². The smallest absolute Gasteiger partial charge is 0.233 e. The van der Waals surface area contributed by atoms with Gasteiger partial charge in [0.15, 0.2) is 5.13 Å². The maximum atomic E-state index is 13.5. The molecule has 0 saturated carbocycles. The van der Waals surface area contributed by atoms with Crippen molar-refractivity contribution in [3.63, 3.8) is 0 Å². The van der Waals surface area contributed by atoms with Crippen LogP contribution in [0.2, 0.25) is 5.02 Å². The molecule has 3 rings (SSSR count). The number of nitrogens with zero attached hydrogens (tertiary/aromatic N) is 3. The molecular weight excluding hydrogens is 385 g/mol. The molecule has 27 heavy (non-hydrogen) atoms. The Hall–Kier alpha value is -2.02. The zero-order valence-electron chi connectivity index (χ0n) is 15.3. The van der Waals surface area contributed by atoms with Crippen molar-refractivity contribution in [2.24, 2.45) is 0 Å². The van der Waals surface area contributed by atoms with Gasteiger partial charge in [-0.1, -0.05) is 41.1 Å². The van der Waals surface area contributed by atoms with Gasteiger partial charge in [0.05, 0.1) is 16.6 Å². The molecule has 142 valence electrons. The van der Waals surface area contributed by atoms with E-state index in [1.165, 1.54) is 23.5 Å². The number of thiazole rings is 1. The maximum Gasteiger partial charge on any atom is 0.233 e. The summed E-state index contributed by atoms with van der Waals surface area (Å²) in [5.74, 6) is -0.374. The molecule has 0 saturated heterocycles. The minimum absolute atomic E-state index is 0.0682. The van der Waals surface area contributed by atoms with Gasteiger partial charge in [-0.15, -0.1) is 0 Å². The van der Waals surface area contributed by atoms with Gasteiger partial charge in [-0.05, 0) is 56.9 Å². The molecule has 0 radical (unpaired) electrons. The van der Waals surface area contributed by atoms with E-state index in [9.17, 15) is 9.18 Å². The van der Waals surface area contributed by atoms with Crippen molar-refractivity contribution < 1.29 is 9.18 Å². The number of hydrogen-bond donors (Lipinski definition) is 0. The predicted octanol–water partition coefficient (Wildman–Crippen LogP) is 4.62. The summed E-state index contributed by atoms with van der Waals surface area (Å²) >= 11 is 7.54. The number of hydrogen-bond acceptors (Lipinski definition) is 4. The lowest BCUT2D eigenvalue weighted by molar-refractivity contribution is -0.118. The summed E-state index contributed by atoms with van der Waals surface area (Å²) in [5.41, 5.74) is 1.48. The Morgan fingerprint density at radius 2 is 1.96 bits per heavy atom. The number of anilines is 1. The van der Waals surface area contributed by atoms with Gasteiger partial charge in [-0.25, -0.2) is 9.37 Å². The first-order valence-corrected chi connectivity index (χ1v) is 9.88. The van der Waals surface area contributed by atoms with Crippen LogP contribution in [0.3, 0.4) is 0 Å². The highest BCUT2D eigenvalue weighted by Crippen LogP contribution is 2.30. The highest BCUT2D eigenvalue weighted by Gasteiger charge is 2.21. The van der Waals surface area contributed by atoms with E-state index >= 15 is 0 Å². The van der Waals surface area contributed by atoms with Crippen molar-refractivity contribution >= 4 is 44.2 Å². The fourth-order valence-corrected chi connectivity index (χ4v) is 4.01. The Morgan fingerprint density at radius 1 is 1.19 bits per heavy atom. The van der Waals surface area contributed by atoms with Crippen LogP contribution in [0.5, 0.6) is 0 Å². The average Bonchev–Trinajstić information content (AvgIpc) is 3.03. The minimum atomic E-state index is -0.306. The highest BCUT2D eigenvalue weighted by atomic mass is 35.5. The third-order valence-electron chi connectivity index (χ3n) is 4.16. The van der Waals surface area contributed by atoms with Crippen molar-refractivity contribution in [3.8, 4) is 0 Å². The Balaban J connectivity index is 1.86. The van der Waals surface area contributed by atoms with Crippen LogP contribution in [0, 0.1) is 5.82 Å². The molecule has 3 aromatic rings. The van der Waals surface area contributed by atoms with E-state index in [0.717, 1.165) is 23.2 Å². The number of benzene rings is 2. The fraction of sp³-hybridized carbons (Fsp3) is 0.300. The van der Waals surface area contributed by atoms with Gasteiger partial charge in [0.2, 0.25) is 5.91 Å². The maximum absolute atomic E-state index is 13.5. The molecule has 1 heterocycles. The van der Waals surface area contributed by atoms with Gasteiger partial charge in [-0.2, -0.15) is 0 Å². The summed E-state index contributed by atoms with van der Waals surface area (Å²) in [6.45, 7) is 1.40. The van der Waals surface area contributed by atoms with Crippen LogP contribution in [-0.4, -0.2) is 43.0 Å². The molecule has 0 fully saturated rings. The van der Waals surface area contributed by atoms with Crippen LogP contribution in [-0.2, 0) is 11.2 Å². The number of halogens is 2. The molecule has 0 spiro atoms. The van der Waals surface area contributed by atoms with Gasteiger partial charge in [0.25, 0.3) is 0 Å². The second-order valence-corrected chi connectivity index (χ2v) is 8.00. The molecule has 1 aromatic heterocycles. The zero-order chi connectivity index (χ0) is 19.4. The van der Waals surface area contributed by atoms with E-state index in [2.05, 4.69) is 9.88 Å². The molecule has 0 bridgehead atoms. The van der Waals surface area contributed by atoms with Crippen LogP contribution in [0.4, 0.5) is 9.52 Å². The quantitative estimate of drug-likeness (QED) is 0.575. The number of aromatic nitrogens is 1. The molecule has 0 unspecified atom stereocenters. The van der Waals surface area contributed by atoms with Gasteiger partial charge in [0, 0.05) is 11.6 Å². The van der Waals surface area contributed by atoms with Crippen LogP contribution in [0.15, 0.2) is 42.5 Å². The summed E-state index contributed by atoms with van der Waals surface area (Å²) in [6.07, 6.45) is 1.01. The average molecular weight is 406 g/mol. The molecule has 1 amide bonds. The van der Waals surface area contributed by atoms with Crippen LogP contribution in [0.1, 0.15) is 12.0 Å². The summed E-state index contributed by atoms with van der Waals surface area (Å²) in [5, 5.41) is 1.16. The van der Waals surface area contributed by atoms with Crippen LogP contribution in [0.25, 0.3) is 10.2 Å². The molecule has 4 nitrogen and oxygen atoms in total. The number of rotatable bonds is 7. The van der Waals surface area contributed by atoms with Crippen molar-refractivity contribution in [2.75, 3.05) is 32.1 Å². The predicted molar refractivity (Wildman–Crippen MR) is 110 cm³/mol. The van der Waals surface area contributed by atoms with Gasteiger partial charge < -0.3 is 4.90 Å². The SMILES string of the molecule is CN(C)CCCN(C(=O)Cc1ccccc1Cl)c1nc2ccc(F)cc2s1. The zero-order valence-corrected chi connectivity index (χ0v) is 16.9. The summed E-state index contributed by atoms with van der Waals surface area (Å²) in [6, 6.07) is 11.8. The summed E-state index contributed by atoms with van der Waals surface area (Å²) in [4.78, 5) is 21.3. The number of carbonyl (C=O) groups is 1. The van der Waals surface area contributed by atoms with Gasteiger partial charge in [0.1, 0.15) is 5.82 Å². The largest absolute Gasteiger partial charge is 0.309 e. The monoisotopic (exact) mass is 405 g/mol. The normalized spacial score (nSPS) is 11.3. The lowest BCUT2D eigenvalue weighted by Crippen LogP contribution is -2.34. The first kappa shape index (κ1) is 19.7. The van der Waals surface area contributed by atoms with E-state index < -0.39 is 0 Å². The molecule has 0 atom stereocenters. The first-order chi connectivity index (χ1) is 12.9. The molecule has 0 aliphatic heterocycles. The van der Waals surface area contributed by atoms with Crippen LogP contribution >= 0.6 is 22.9 Å². The third-order valence-corrected chi connectivity index (χ3v) is 5.57. The minimum Gasteiger partial charge on any atom is -0.309 e. The van der Waals surface area contributed by atoms with Crippen LogP contribution < -0.4 is 4.90 Å². The highest BCUT2D eigenvalue weighted by molar-refractivity contribution is 7.22. The fourth-order valence-electron chi connectivity index (χ4n) is 2.77. The number of carbonyl (C=O) groups excluding carboxylic acids is 1. The molecule has 0 aliphatic carbocycles. The molecule has 0 aliphatic rings. The molecular formula is C20H21ClFN3OS. The van der Waals surface area contributed by atoms with E-state index in [0.29, 0.717) is 22.2 Å². The van der Waals surface area contributed by atoms with E-state index in [1.807, 2.05) is 32.3 Å². The molecule has 2 aromatic carbocycles. The van der Waals surface area contributed by atoms with E-state index in [4.69, 9.17) is 11.6 Å². The second-order valence-electron chi connectivity index (χ2n) is 6.58.